The fourth-order valence-electron chi connectivity index (χ4n) is 2.08. The number of ketones is 1. The Kier molecular flexibility index (Phi) is 4.98. The quantitative estimate of drug-likeness (QED) is 0.821. The second-order valence-corrected chi connectivity index (χ2v) is 4.59. The van der Waals surface area contributed by atoms with E-state index in [1.807, 2.05) is 25.1 Å². The molecule has 0 atom stereocenters. The second-order valence-electron chi connectivity index (χ2n) is 4.59. The Balaban J connectivity index is 1.88. The molecule has 0 unspecified atom stereocenters. The van der Waals surface area contributed by atoms with E-state index in [1.54, 1.807) is 11.0 Å². The summed E-state index contributed by atoms with van der Waals surface area (Å²) < 4.78 is 11.0. The van der Waals surface area contributed by atoms with Crippen LogP contribution in [0.15, 0.2) is 24.3 Å². The smallest absolute Gasteiger partial charge is 0.260 e. The van der Waals surface area contributed by atoms with E-state index < -0.39 is 0 Å². The first-order valence-corrected chi connectivity index (χ1v) is 6.85. The second kappa shape index (κ2) is 6.93. The zero-order valence-electron chi connectivity index (χ0n) is 11.6. The number of benzene rings is 1. The molecule has 1 aliphatic heterocycles. The predicted molar refractivity (Wildman–Crippen MR) is 73.9 cm³/mol. The van der Waals surface area contributed by atoms with Gasteiger partial charge in [-0.2, -0.15) is 0 Å². The highest BCUT2D eigenvalue weighted by Crippen LogP contribution is 2.26. The lowest BCUT2D eigenvalue weighted by atomic mass is 10.1. The number of nitrogens with zero attached hydrogens (tertiary/aromatic N) is 1. The largest absolute Gasteiger partial charge is 0.490 e. The summed E-state index contributed by atoms with van der Waals surface area (Å²) in [5.41, 5.74) is 0. The Bertz CT molecular complexity index is 477. The van der Waals surface area contributed by atoms with Crippen LogP contribution in [0.1, 0.15) is 19.8 Å². The molecule has 5 heteroatoms. The summed E-state index contributed by atoms with van der Waals surface area (Å²) in [6, 6.07) is 7.28. The Hall–Kier alpha value is -2.04. The maximum atomic E-state index is 12.0. The van der Waals surface area contributed by atoms with Crippen molar-refractivity contribution < 1.29 is 19.1 Å². The van der Waals surface area contributed by atoms with Gasteiger partial charge in [-0.05, 0) is 19.1 Å². The van der Waals surface area contributed by atoms with Crippen LogP contribution < -0.4 is 9.47 Å². The van der Waals surface area contributed by atoms with Crippen molar-refractivity contribution in [3.05, 3.63) is 24.3 Å². The minimum atomic E-state index is -0.0937. The van der Waals surface area contributed by atoms with Gasteiger partial charge in [0.25, 0.3) is 5.91 Å². The Morgan fingerprint density at radius 1 is 1.15 bits per heavy atom. The first-order valence-electron chi connectivity index (χ1n) is 6.85. The van der Waals surface area contributed by atoms with Crippen LogP contribution in [-0.4, -0.2) is 42.9 Å². The molecule has 1 fully saturated rings. The van der Waals surface area contributed by atoms with Crippen molar-refractivity contribution in [2.45, 2.75) is 19.8 Å². The number of Topliss-reactive ketones (excluding diaryl/α,β-unsaturated/α-hetero) is 1. The molecule has 0 bridgehead atoms. The van der Waals surface area contributed by atoms with Gasteiger partial charge >= 0.3 is 0 Å². The number of hydrogen-bond donors (Lipinski definition) is 0. The van der Waals surface area contributed by atoms with Gasteiger partial charge in [-0.1, -0.05) is 12.1 Å². The topological polar surface area (TPSA) is 55.8 Å². The van der Waals surface area contributed by atoms with Crippen molar-refractivity contribution in [2.24, 2.45) is 0 Å². The van der Waals surface area contributed by atoms with Gasteiger partial charge in [-0.3, -0.25) is 9.59 Å². The third-order valence-corrected chi connectivity index (χ3v) is 3.17. The molecular weight excluding hydrogens is 258 g/mol. The highest BCUT2D eigenvalue weighted by molar-refractivity contribution is 5.84. The summed E-state index contributed by atoms with van der Waals surface area (Å²) in [4.78, 5) is 24.8. The molecule has 1 amide bonds. The SMILES string of the molecule is CCOc1ccccc1OCC(=O)N1CCC(=O)CC1. The van der Waals surface area contributed by atoms with E-state index in [0.717, 1.165) is 0 Å². The zero-order chi connectivity index (χ0) is 14.4. The summed E-state index contributed by atoms with van der Waals surface area (Å²) in [5.74, 6) is 1.33. The Morgan fingerprint density at radius 3 is 2.35 bits per heavy atom. The number of likely N-dealkylation sites (tertiary alicyclic amines) is 1. The van der Waals surface area contributed by atoms with E-state index in [9.17, 15) is 9.59 Å². The molecule has 0 spiro atoms. The molecule has 1 aromatic carbocycles. The van der Waals surface area contributed by atoms with E-state index in [2.05, 4.69) is 0 Å². The summed E-state index contributed by atoms with van der Waals surface area (Å²) in [6.45, 7) is 3.40. The molecule has 2 rings (SSSR count). The molecule has 0 aromatic heterocycles. The van der Waals surface area contributed by atoms with Crippen molar-refractivity contribution in [1.29, 1.82) is 0 Å². The van der Waals surface area contributed by atoms with Crippen LogP contribution in [0.5, 0.6) is 11.5 Å². The van der Waals surface area contributed by atoms with Crippen LogP contribution in [0.2, 0.25) is 0 Å². The van der Waals surface area contributed by atoms with Crippen molar-refractivity contribution in [1.82, 2.24) is 4.90 Å². The van der Waals surface area contributed by atoms with Gasteiger partial charge in [-0.15, -0.1) is 0 Å². The molecule has 1 heterocycles. The molecule has 1 aromatic rings. The average molecular weight is 277 g/mol. The van der Waals surface area contributed by atoms with Gasteiger partial charge in [0.05, 0.1) is 6.61 Å². The standard InChI is InChI=1S/C15H19NO4/c1-2-19-13-5-3-4-6-14(13)20-11-15(18)16-9-7-12(17)8-10-16/h3-6H,2,7-11H2,1H3. The van der Waals surface area contributed by atoms with Gasteiger partial charge in [0.15, 0.2) is 18.1 Å². The Labute approximate surface area is 118 Å². The monoisotopic (exact) mass is 277 g/mol. The van der Waals surface area contributed by atoms with Crippen LogP contribution in [0.25, 0.3) is 0 Å². The molecule has 1 aliphatic rings. The Morgan fingerprint density at radius 2 is 1.75 bits per heavy atom. The van der Waals surface area contributed by atoms with Gasteiger partial charge in [0.2, 0.25) is 0 Å². The lowest BCUT2D eigenvalue weighted by Crippen LogP contribution is -2.41. The number of hydrogen-bond acceptors (Lipinski definition) is 4. The minimum absolute atomic E-state index is 0.0295. The predicted octanol–water partition coefficient (Wildman–Crippen LogP) is 1.66. The third kappa shape index (κ3) is 3.73. The third-order valence-electron chi connectivity index (χ3n) is 3.17. The number of para-hydroxylation sites is 2. The van der Waals surface area contributed by atoms with Crippen LogP contribution in [0.4, 0.5) is 0 Å². The number of amides is 1. The molecule has 20 heavy (non-hydrogen) atoms. The van der Waals surface area contributed by atoms with Crippen LogP contribution >= 0.6 is 0 Å². The lowest BCUT2D eigenvalue weighted by Gasteiger charge is -2.26. The van der Waals surface area contributed by atoms with Crippen molar-refractivity contribution in [3.63, 3.8) is 0 Å². The van der Waals surface area contributed by atoms with E-state index in [4.69, 9.17) is 9.47 Å². The van der Waals surface area contributed by atoms with Crippen molar-refractivity contribution in [2.75, 3.05) is 26.3 Å². The van der Waals surface area contributed by atoms with Crippen LogP contribution in [0, 0.1) is 0 Å². The van der Waals surface area contributed by atoms with Crippen molar-refractivity contribution >= 4 is 11.7 Å². The maximum Gasteiger partial charge on any atom is 0.260 e. The summed E-state index contributed by atoms with van der Waals surface area (Å²) in [7, 11) is 0. The van der Waals surface area contributed by atoms with Crippen LogP contribution in [-0.2, 0) is 9.59 Å². The molecule has 0 radical (unpaired) electrons. The molecule has 0 aliphatic carbocycles. The number of carbonyl (C=O) groups excluding carboxylic acids is 2. The number of piperidine rings is 1. The average Bonchev–Trinajstić information content (AvgIpc) is 2.47. The minimum Gasteiger partial charge on any atom is -0.490 e. The fraction of sp³-hybridized carbons (Fsp3) is 0.467. The van der Waals surface area contributed by atoms with E-state index in [1.165, 1.54) is 0 Å². The summed E-state index contributed by atoms with van der Waals surface area (Å²) in [5, 5.41) is 0. The first kappa shape index (κ1) is 14.4. The summed E-state index contributed by atoms with van der Waals surface area (Å²) in [6.07, 6.45) is 0.891. The van der Waals surface area contributed by atoms with Gasteiger partial charge in [-0.25, -0.2) is 0 Å². The van der Waals surface area contributed by atoms with Gasteiger partial charge < -0.3 is 14.4 Å². The van der Waals surface area contributed by atoms with Gasteiger partial charge in [0.1, 0.15) is 5.78 Å². The van der Waals surface area contributed by atoms with E-state index in [0.29, 0.717) is 44.0 Å². The molecular formula is C15H19NO4. The van der Waals surface area contributed by atoms with Crippen molar-refractivity contribution in [3.8, 4) is 11.5 Å². The molecule has 5 nitrogen and oxygen atoms in total. The molecule has 1 saturated heterocycles. The van der Waals surface area contributed by atoms with E-state index in [-0.39, 0.29) is 18.3 Å². The van der Waals surface area contributed by atoms with Crippen LogP contribution in [0.3, 0.4) is 0 Å². The van der Waals surface area contributed by atoms with E-state index >= 15 is 0 Å². The highest BCUT2D eigenvalue weighted by atomic mass is 16.5. The first-order chi connectivity index (χ1) is 9.70. The normalized spacial score (nSPS) is 15.1. The molecule has 0 N–H and O–H groups in total. The van der Waals surface area contributed by atoms with Gasteiger partial charge in [0, 0.05) is 25.9 Å². The number of ether oxygens (including phenoxy) is 2. The zero-order valence-corrected chi connectivity index (χ0v) is 11.6. The maximum absolute atomic E-state index is 12.0. The summed E-state index contributed by atoms with van der Waals surface area (Å²) >= 11 is 0. The fourth-order valence-corrected chi connectivity index (χ4v) is 2.08. The number of rotatable bonds is 5. The molecule has 0 saturated carbocycles. The number of carbonyl (C=O) groups is 2. The lowest BCUT2D eigenvalue weighted by molar-refractivity contribution is -0.136. The highest BCUT2D eigenvalue weighted by Gasteiger charge is 2.21. The molecule has 108 valence electrons.